The molecule has 7 nitrogen and oxygen atoms in total. The highest BCUT2D eigenvalue weighted by molar-refractivity contribution is 5.89. The van der Waals surface area contributed by atoms with E-state index in [-0.39, 0.29) is 0 Å². The van der Waals surface area contributed by atoms with Crippen LogP contribution in [0.2, 0.25) is 0 Å². The van der Waals surface area contributed by atoms with Crippen LogP contribution in [0.15, 0.2) is 18.3 Å². The molecule has 0 aromatic carbocycles. The molecule has 1 heterocycles. The quantitative estimate of drug-likeness (QED) is 0.640. The molecular formula is C13H17N3O4. The Morgan fingerprint density at radius 2 is 2.20 bits per heavy atom. The minimum atomic E-state index is -2.00. The van der Waals surface area contributed by atoms with Gasteiger partial charge in [0.05, 0.1) is 6.54 Å². The zero-order valence-electron chi connectivity index (χ0n) is 11.1. The van der Waals surface area contributed by atoms with Gasteiger partial charge in [0.1, 0.15) is 5.82 Å². The van der Waals surface area contributed by atoms with Crippen molar-refractivity contribution in [3.63, 3.8) is 0 Å². The number of aromatic nitrogens is 1. The number of aliphatic carboxylic acids is 1. The van der Waals surface area contributed by atoms with Crippen LogP contribution in [0.25, 0.3) is 0 Å². The second-order valence-electron chi connectivity index (χ2n) is 5.14. The first kappa shape index (κ1) is 14.3. The third-order valence-electron chi connectivity index (χ3n) is 3.13. The lowest BCUT2D eigenvalue weighted by Crippen LogP contribution is -2.47. The maximum absolute atomic E-state index is 11.6. The molecule has 108 valence electrons. The van der Waals surface area contributed by atoms with Crippen LogP contribution in [0.3, 0.4) is 0 Å². The van der Waals surface area contributed by atoms with Gasteiger partial charge in [-0.25, -0.2) is 14.6 Å². The Bertz CT molecular complexity index is 526. The normalized spacial score (nSPS) is 17.1. The summed E-state index contributed by atoms with van der Waals surface area (Å²) in [6.45, 7) is 0.720. The summed E-state index contributed by atoms with van der Waals surface area (Å²) in [4.78, 5) is 26.3. The molecule has 1 aliphatic carbocycles. The second kappa shape index (κ2) is 5.46. The van der Waals surface area contributed by atoms with Gasteiger partial charge in [-0.2, -0.15) is 0 Å². The Kier molecular flexibility index (Phi) is 3.89. The molecule has 1 unspecified atom stereocenters. The van der Waals surface area contributed by atoms with Gasteiger partial charge in [-0.15, -0.1) is 0 Å². The maximum Gasteiger partial charge on any atom is 0.337 e. The molecule has 7 heteroatoms. The van der Waals surface area contributed by atoms with Crippen molar-refractivity contribution in [1.82, 2.24) is 10.3 Å². The van der Waals surface area contributed by atoms with E-state index in [1.807, 2.05) is 6.07 Å². The first-order chi connectivity index (χ1) is 9.38. The highest BCUT2D eigenvalue weighted by atomic mass is 16.4. The fraction of sp³-hybridized carbons (Fsp3) is 0.462. The van der Waals surface area contributed by atoms with E-state index in [9.17, 15) is 14.7 Å². The minimum Gasteiger partial charge on any atom is -0.479 e. The van der Waals surface area contributed by atoms with Crippen LogP contribution in [0, 0.1) is 0 Å². The molecule has 20 heavy (non-hydrogen) atoms. The van der Waals surface area contributed by atoms with Crippen molar-refractivity contribution in [1.29, 1.82) is 0 Å². The summed E-state index contributed by atoms with van der Waals surface area (Å²) >= 11 is 0. The Balaban J connectivity index is 1.88. The fourth-order valence-corrected chi connectivity index (χ4v) is 1.67. The molecule has 0 saturated heterocycles. The van der Waals surface area contributed by atoms with Crippen molar-refractivity contribution in [3.8, 4) is 0 Å². The van der Waals surface area contributed by atoms with Gasteiger partial charge in [-0.05, 0) is 43.4 Å². The Labute approximate surface area is 116 Å². The van der Waals surface area contributed by atoms with Crippen LogP contribution in [0.1, 0.15) is 31.2 Å². The molecule has 1 atom stereocenters. The lowest BCUT2D eigenvalue weighted by Gasteiger charge is -2.18. The molecule has 1 aromatic rings. The smallest absolute Gasteiger partial charge is 0.337 e. The first-order valence-corrected chi connectivity index (χ1v) is 6.35. The highest BCUT2D eigenvalue weighted by Gasteiger charge is 2.30. The van der Waals surface area contributed by atoms with Crippen molar-refractivity contribution in [3.05, 3.63) is 23.9 Å². The zero-order chi connectivity index (χ0) is 14.8. The number of urea groups is 1. The van der Waals surface area contributed by atoms with Crippen LogP contribution in [-0.4, -0.2) is 39.3 Å². The van der Waals surface area contributed by atoms with E-state index in [4.69, 9.17) is 5.11 Å². The third kappa shape index (κ3) is 3.67. The Morgan fingerprint density at radius 1 is 1.50 bits per heavy atom. The number of carbonyl (C=O) groups is 2. The number of hydrogen-bond acceptors (Lipinski definition) is 4. The average molecular weight is 279 g/mol. The van der Waals surface area contributed by atoms with Gasteiger partial charge < -0.3 is 15.5 Å². The first-order valence-electron chi connectivity index (χ1n) is 6.35. The number of pyridine rings is 1. The fourth-order valence-electron chi connectivity index (χ4n) is 1.67. The lowest BCUT2D eigenvalue weighted by atomic mass is 10.1. The molecule has 0 radical (unpaired) electrons. The van der Waals surface area contributed by atoms with Crippen LogP contribution in [-0.2, 0) is 4.79 Å². The average Bonchev–Trinajstić information content (AvgIpc) is 3.21. The maximum atomic E-state index is 11.6. The van der Waals surface area contributed by atoms with Crippen LogP contribution in [0.5, 0.6) is 0 Å². The summed E-state index contributed by atoms with van der Waals surface area (Å²) in [5.41, 5.74) is -0.867. The summed E-state index contributed by atoms with van der Waals surface area (Å²) in [5.74, 6) is -0.442. The van der Waals surface area contributed by atoms with E-state index >= 15 is 0 Å². The van der Waals surface area contributed by atoms with Crippen molar-refractivity contribution in [2.75, 3.05) is 11.9 Å². The molecule has 1 aromatic heterocycles. The van der Waals surface area contributed by atoms with Crippen molar-refractivity contribution >= 4 is 17.8 Å². The Hall–Kier alpha value is -2.15. The summed E-state index contributed by atoms with van der Waals surface area (Å²) in [6.07, 6.45) is 3.92. The third-order valence-corrected chi connectivity index (χ3v) is 3.13. The topological polar surface area (TPSA) is 112 Å². The standard InChI is InChI=1S/C13H17N3O4/c1-13(20,11(17)18)7-15-12(19)16-10-6-9(4-5-14-10)8-2-3-8/h4-6,8,20H,2-3,7H2,1H3,(H,17,18)(H2,14,15,16,19). The molecule has 2 amide bonds. The molecular weight excluding hydrogens is 262 g/mol. The number of nitrogens with zero attached hydrogens (tertiary/aromatic N) is 1. The van der Waals surface area contributed by atoms with Crippen LogP contribution in [0.4, 0.5) is 10.6 Å². The molecule has 4 N–H and O–H groups in total. The molecule has 0 aliphatic heterocycles. The van der Waals surface area contributed by atoms with E-state index in [1.165, 1.54) is 0 Å². The van der Waals surface area contributed by atoms with Gasteiger partial charge in [0.25, 0.3) is 0 Å². The van der Waals surface area contributed by atoms with Crippen LogP contribution < -0.4 is 10.6 Å². The summed E-state index contributed by atoms with van der Waals surface area (Å²) < 4.78 is 0. The predicted molar refractivity (Wildman–Crippen MR) is 71.5 cm³/mol. The summed E-state index contributed by atoms with van der Waals surface area (Å²) in [5, 5.41) is 23.0. The minimum absolute atomic E-state index is 0.392. The van der Waals surface area contributed by atoms with Gasteiger partial charge in [-0.1, -0.05) is 0 Å². The lowest BCUT2D eigenvalue weighted by molar-refractivity contribution is -0.155. The number of carboxylic acids is 1. The van der Waals surface area contributed by atoms with E-state index in [2.05, 4.69) is 15.6 Å². The predicted octanol–water partition coefficient (Wildman–Crippen LogP) is 0.916. The number of rotatable bonds is 5. The SMILES string of the molecule is CC(O)(CNC(=O)Nc1cc(C2CC2)ccn1)C(=O)O. The molecule has 1 aliphatic rings. The number of nitrogens with one attached hydrogen (secondary N) is 2. The molecule has 2 rings (SSSR count). The van der Waals surface area contributed by atoms with E-state index in [0.29, 0.717) is 11.7 Å². The second-order valence-corrected chi connectivity index (χ2v) is 5.14. The highest BCUT2D eigenvalue weighted by Crippen LogP contribution is 2.40. The number of aliphatic hydroxyl groups is 1. The van der Waals surface area contributed by atoms with Gasteiger partial charge >= 0.3 is 12.0 Å². The zero-order valence-corrected chi connectivity index (χ0v) is 11.1. The van der Waals surface area contributed by atoms with Gasteiger partial charge in [-0.3, -0.25) is 5.32 Å². The van der Waals surface area contributed by atoms with E-state index < -0.39 is 24.1 Å². The number of carboxylic acid groups (broad SMARTS) is 1. The summed E-state index contributed by atoms with van der Waals surface area (Å²) in [7, 11) is 0. The molecule has 1 saturated carbocycles. The summed E-state index contributed by atoms with van der Waals surface area (Å²) in [6, 6.07) is 3.11. The monoisotopic (exact) mass is 279 g/mol. The number of hydrogen-bond donors (Lipinski definition) is 4. The number of amides is 2. The Morgan fingerprint density at radius 3 is 2.80 bits per heavy atom. The number of carbonyl (C=O) groups excluding carboxylic acids is 1. The molecule has 0 spiro atoms. The number of anilines is 1. The van der Waals surface area contributed by atoms with Gasteiger partial charge in [0.2, 0.25) is 0 Å². The van der Waals surface area contributed by atoms with E-state index in [1.54, 1.807) is 12.3 Å². The van der Waals surface area contributed by atoms with Crippen molar-refractivity contribution < 1.29 is 19.8 Å². The van der Waals surface area contributed by atoms with Crippen molar-refractivity contribution in [2.45, 2.75) is 31.3 Å². The molecule has 1 fully saturated rings. The van der Waals surface area contributed by atoms with Crippen molar-refractivity contribution in [2.24, 2.45) is 0 Å². The molecule has 0 bridgehead atoms. The largest absolute Gasteiger partial charge is 0.479 e. The van der Waals surface area contributed by atoms with Crippen LogP contribution >= 0.6 is 0 Å². The van der Waals surface area contributed by atoms with Gasteiger partial charge in [0, 0.05) is 6.20 Å². The van der Waals surface area contributed by atoms with Gasteiger partial charge in [0.15, 0.2) is 5.60 Å². The van der Waals surface area contributed by atoms with E-state index in [0.717, 1.165) is 25.3 Å².